The average Bonchev–Trinajstić information content (AvgIpc) is 3.72. The van der Waals surface area contributed by atoms with E-state index in [9.17, 15) is 24.0 Å². The first-order valence-corrected chi connectivity index (χ1v) is 18.8. The van der Waals surface area contributed by atoms with E-state index >= 15 is 0 Å². The molecule has 0 amide bonds. The van der Waals surface area contributed by atoms with Crippen molar-refractivity contribution in [3.05, 3.63) is 87.8 Å². The molecule has 6 aliphatic rings. The number of ether oxygens (including phenoxy) is 1. The van der Waals surface area contributed by atoms with E-state index in [-0.39, 0.29) is 40.0 Å². The number of hydrogen-bond acceptors (Lipinski definition) is 8. The quantitative estimate of drug-likeness (QED) is 0.176. The van der Waals surface area contributed by atoms with Gasteiger partial charge in [-0.1, -0.05) is 77.4 Å². The summed E-state index contributed by atoms with van der Waals surface area (Å²) in [6.07, 6.45) is 6.44. The molecular weight excluding hydrogens is 640 g/mol. The topological polar surface area (TPSA) is 101 Å². The van der Waals surface area contributed by atoms with Crippen LogP contribution >= 0.6 is 0 Å². The van der Waals surface area contributed by atoms with Crippen LogP contribution in [0.1, 0.15) is 125 Å². The Balaban J connectivity index is 1.14. The number of fused-ring (bicyclic) bond motifs is 3. The van der Waals surface area contributed by atoms with Crippen LogP contribution in [-0.2, 0) is 14.4 Å². The zero-order valence-electron chi connectivity index (χ0n) is 30.5. The van der Waals surface area contributed by atoms with Gasteiger partial charge in [-0.15, -0.1) is 0 Å². The van der Waals surface area contributed by atoms with Crippen molar-refractivity contribution in [3.63, 3.8) is 0 Å². The molecule has 1 spiro atoms. The Morgan fingerprint density at radius 3 is 1.92 bits per heavy atom. The zero-order valence-corrected chi connectivity index (χ0v) is 30.5. The molecule has 0 bridgehead atoms. The lowest BCUT2D eigenvalue weighted by molar-refractivity contribution is -0.140. The third-order valence-corrected chi connectivity index (χ3v) is 12.4. The van der Waals surface area contributed by atoms with E-state index < -0.39 is 23.3 Å². The maximum atomic E-state index is 14.1. The fourth-order valence-corrected chi connectivity index (χ4v) is 10.3. The van der Waals surface area contributed by atoms with Gasteiger partial charge in [-0.3, -0.25) is 28.9 Å². The molecule has 0 aromatic heterocycles. The smallest absolute Gasteiger partial charge is 0.317 e. The molecule has 51 heavy (non-hydrogen) atoms. The van der Waals surface area contributed by atoms with Gasteiger partial charge < -0.3 is 9.64 Å². The molecule has 8 heteroatoms. The van der Waals surface area contributed by atoms with Crippen LogP contribution in [0.15, 0.2) is 71.1 Å². The van der Waals surface area contributed by atoms with E-state index in [2.05, 4.69) is 39.5 Å². The largest absolute Gasteiger partial charge is 0.426 e. The molecule has 2 aromatic carbocycles. The summed E-state index contributed by atoms with van der Waals surface area (Å²) in [5, 5.41) is 0. The number of hydrogen-bond donors (Lipinski definition) is 0. The van der Waals surface area contributed by atoms with E-state index in [0.29, 0.717) is 42.7 Å². The SMILES string of the molecule is CCCCN1C2=C(C(=O)CC(C)(C)C2)C(c2ccc(OC(=O)C3CC4CCCN4C34C(=O)c3ccccc3C4=O)cc2)C2=C1CC(C)(C)CC2=O. The summed E-state index contributed by atoms with van der Waals surface area (Å²) in [6.45, 7) is 12.1. The number of benzene rings is 2. The first-order chi connectivity index (χ1) is 24.3. The predicted molar refractivity (Wildman–Crippen MR) is 192 cm³/mol. The Kier molecular flexibility index (Phi) is 7.95. The molecule has 8 nitrogen and oxygen atoms in total. The maximum Gasteiger partial charge on any atom is 0.317 e. The summed E-state index contributed by atoms with van der Waals surface area (Å²) < 4.78 is 6.02. The highest BCUT2D eigenvalue weighted by Gasteiger charge is 2.69. The third kappa shape index (κ3) is 5.14. The highest BCUT2D eigenvalue weighted by atomic mass is 16.5. The van der Waals surface area contributed by atoms with Crippen molar-refractivity contribution in [2.75, 3.05) is 13.1 Å². The number of rotatable bonds is 6. The molecule has 0 saturated carbocycles. The van der Waals surface area contributed by atoms with Gasteiger partial charge in [0.2, 0.25) is 0 Å². The minimum atomic E-state index is -1.57. The normalized spacial score (nSPS) is 26.5. The van der Waals surface area contributed by atoms with Crippen molar-refractivity contribution >= 4 is 29.1 Å². The van der Waals surface area contributed by atoms with E-state index in [4.69, 9.17) is 4.74 Å². The molecule has 8 rings (SSSR count). The van der Waals surface area contributed by atoms with Gasteiger partial charge in [0.15, 0.2) is 28.7 Å². The van der Waals surface area contributed by atoms with Crippen molar-refractivity contribution < 1.29 is 28.7 Å². The van der Waals surface area contributed by atoms with Gasteiger partial charge in [0.25, 0.3) is 0 Å². The van der Waals surface area contributed by atoms with Crippen molar-refractivity contribution in [1.29, 1.82) is 0 Å². The molecule has 266 valence electrons. The molecule has 3 aliphatic heterocycles. The number of ketones is 4. The lowest BCUT2D eigenvalue weighted by atomic mass is 9.63. The van der Waals surface area contributed by atoms with Crippen LogP contribution in [0.3, 0.4) is 0 Å². The van der Waals surface area contributed by atoms with Gasteiger partial charge >= 0.3 is 5.97 Å². The summed E-state index contributed by atoms with van der Waals surface area (Å²) in [6, 6.07) is 14.0. The summed E-state index contributed by atoms with van der Waals surface area (Å²) >= 11 is 0. The lowest BCUT2D eigenvalue weighted by Gasteiger charge is -2.49. The Bertz CT molecular complexity index is 1860. The van der Waals surface area contributed by atoms with Crippen LogP contribution in [0, 0.1) is 16.7 Å². The van der Waals surface area contributed by atoms with E-state index in [1.54, 1.807) is 36.4 Å². The Morgan fingerprint density at radius 1 is 0.804 bits per heavy atom. The molecule has 2 fully saturated rings. The standard InChI is InChI=1S/C43H48N2O6/c1-6-7-18-44-31-21-41(2,3)23-33(46)36(31)35(37-32(44)22-42(4,5)24-34(37)47)25-14-16-27(17-15-25)51-40(50)30-20-26-11-10-19-45(26)43(30)38(48)28-12-8-9-13-29(28)39(43)49/h8-9,12-17,26,30,35H,6-7,10-11,18-24H2,1-5H3. The highest BCUT2D eigenvalue weighted by molar-refractivity contribution is 6.34. The number of carbonyl (C=O) groups excluding carboxylic acids is 5. The fraction of sp³-hybridized carbons (Fsp3) is 0.512. The summed E-state index contributed by atoms with van der Waals surface area (Å²) in [5.74, 6) is -2.11. The summed E-state index contributed by atoms with van der Waals surface area (Å²) in [7, 11) is 0. The van der Waals surface area contributed by atoms with Crippen LogP contribution in [0.2, 0.25) is 0 Å². The van der Waals surface area contributed by atoms with Crippen LogP contribution in [0.4, 0.5) is 0 Å². The minimum absolute atomic E-state index is 0.0312. The van der Waals surface area contributed by atoms with Crippen LogP contribution in [0.5, 0.6) is 5.75 Å². The zero-order chi connectivity index (χ0) is 36.0. The van der Waals surface area contributed by atoms with Gasteiger partial charge in [0.05, 0.1) is 5.92 Å². The van der Waals surface area contributed by atoms with Crippen LogP contribution in [0.25, 0.3) is 0 Å². The summed E-state index contributed by atoms with van der Waals surface area (Å²) in [5.41, 5.74) is 3.19. The second-order valence-corrected chi connectivity index (χ2v) is 17.3. The minimum Gasteiger partial charge on any atom is -0.426 e. The highest BCUT2D eigenvalue weighted by Crippen LogP contribution is 2.55. The Morgan fingerprint density at radius 2 is 1.37 bits per heavy atom. The number of esters is 1. The van der Waals surface area contributed by atoms with Crippen molar-refractivity contribution in [3.8, 4) is 5.75 Å². The predicted octanol–water partition coefficient (Wildman–Crippen LogP) is 7.38. The Hall–Kier alpha value is -4.17. The number of carbonyl (C=O) groups is 5. The Labute approximate surface area is 300 Å². The molecule has 2 aromatic rings. The van der Waals surface area contributed by atoms with Crippen molar-refractivity contribution in [2.24, 2.45) is 16.7 Å². The molecule has 0 N–H and O–H groups in total. The van der Waals surface area contributed by atoms with E-state index in [1.165, 1.54) is 0 Å². The monoisotopic (exact) mass is 688 g/mol. The molecule has 2 saturated heterocycles. The van der Waals surface area contributed by atoms with Gasteiger partial charge in [-0.2, -0.15) is 0 Å². The van der Waals surface area contributed by atoms with Gasteiger partial charge in [0.1, 0.15) is 5.75 Å². The maximum absolute atomic E-state index is 14.1. The first-order valence-electron chi connectivity index (χ1n) is 18.8. The molecule has 0 radical (unpaired) electrons. The van der Waals surface area contributed by atoms with E-state index in [0.717, 1.165) is 73.2 Å². The van der Waals surface area contributed by atoms with Gasteiger partial charge in [-0.05, 0) is 73.6 Å². The average molecular weight is 689 g/mol. The lowest BCUT2D eigenvalue weighted by Crippen LogP contribution is -2.59. The van der Waals surface area contributed by atoms with Gasteiger partial charge in [-0.25, -0.2) is 0 Å². The van der Waals surface area contributed by atoms with Crippen LogP contribution < -0.4 is 4.74 Å². The second-order valence-electron chi connectivity index (χ2n) is 17.3. The molecule has 3 aliphatic carbocycles. The second kappa shape index (κ2) is 11.9. The van der Waals surface area contributed by atoms with Crippen molar-refractivity contribution in [2.45, 2.75) is 110 Å². The molecule has 2 atom stereocenters. The van der Waals surface area contributed by atoms with Gasteiger partial charge in [0, 0.05) is 65.0 Å². The first kappa shape index (κ1) is 33.9. The summed E-state index contributed by atoms with van der Waals surface area (Å²) in [4.78, 5) is 74.7. The number of unbranched alkanes of at least 4 members (excludes halogenated alkanes) is 1. The number of Topliss-reactive ketones (excluding diaryl/α,β-unsaturated/α-hetero) is 4. The third-order valence-electron chi connectivity index (χ3n) is 12.4. The molecular formula is C43H48N2O6. The van der Waals surface area contributed by atoms with E-state index in [1.807, 2.05) is 17.0 Å². The number of nitrogens with zero attached hydrogens (tertiary/aromatic N) is 2. The number of allylic oxidation sites excluding steroid dienone is 4. The van der Waals surface area contributed by atoms with Crippen LogP contribution in [-0.4, -0.2) is 63.6 Å². The van der Waals surface area contributed by atoms with Crippen molar-refractivity contribution in [1.82, 2.24) is 9.80 Å². The fourth-order valence-electron chi connectivity index (χ4n) is 10.3. The molecule has 3 heterocycles. The molecule has 2 unspecified atom stereocenters.